The molecule has 1 aromatic carbocycles. The Bertz CT molecular complexity index is 440. The number of benzene rings is 1. The van der Waals surface area contributed by atoms with Gasteiger partial charge in [-0.3, -0.25) is 4.79 Å². The maximum absolute atomic E-state index is 11.1. The first-order valence-electron chi connectivity index (χ1n) is 4.75. The van der Waals surface area contributed by atoms with Crippen molar-refractivity contribution < 1.29 is 14.3 Å². The number of hydrogen-bond acceptors (Lipinski definition) is 3. The maximum Gasteiger partial charge on any atom is 0.407 e. The Balaban J connectivity index is 2.26. The van der Waals surface area contributed by atoms with E-state index >= 15 is 0 Å². The molecule has 0 aromatic heterocycles. The predicted octanol–water partition coefficient (Wildman–Crippen LogP) is 1.75. The van der Waals surface area contributed by atoms with Gasteiger partial charge < -0.3 is 10.1 Å². The van der Waals surface area contributed by atoms with Gasteiger partial charge in [0.2, 0.25) is 5.91 Å². The second-order valence-electron chi connectivity index (χ2n) is 3.00. The van der Waals surface area contributed by atoms with Gasteiger partial charge in [-0.05, 0) is 16.2 Å². The molecule has 0 saturated carbocycles. The molecule has 1 N–H and O–H groups in total. The fourth-order valence-corrected chi connectivity index (χ4v) is 1.01. The average Bonchev–Trinajstić information content (AvgIpc) is 2.35. The Labute approximate surface area is 97.0 Å². The lowest BCUT2D eigenvalue weighted by Gasteiger charge is -2.05. The highest BCUT2D eigenvalue weighted by Gasteiger charge is 2.04. The van der Waals surface area contributed by atoms with Gasteiger partial charge in [-0.25, -0.2) is 4.79 Å². The van der Waals surface area contributed by atoms with Gasteiger partial charge in [0.15, 0.2) is 0 Å². The van der Waals surface area contributed by atoms with E-state index in [4.69, 9.17) is 10.3 Å². The van der Waals surface area contributed by atoms with Gasteiger partial charge in [-0.1, -0.05) is 30.3 Å². The number of alkyl carbamates (subject to hydrolysis) is 1. The smallest absolute Gasteiger partial charge is 0.407 e. The summed E-state index contributed by atoms with van der Waals surface area (Å²) in [7, 11) is 0. The van der Waals surface area contributed by atoms with Gasteiger partial charge in [0.05, 0.1) is 6.54 Å². The van der Waals surface area contributed by atoms with E-state index in [0.717, 1.165) is 5.56 Å². The van der Waals surface area contributed by atoms with Crippen molar-refractivity contribution in [2.45, 2.75) is 6.61 Å². The average molecular weight is 234 g/mol. The van der Waals surface area contributed by atoms with Crippen molar-refractivity contribution in [1.82, 2.24) is 5.32 Å². The summed E-state index contributed by atoms with van der Waals surface area (Å²) in [6.45, 7) is -0.264. The lowest BCUT2D eigenvalue weighted by Crippen LogP contribution is -2.29. The van der Waals surface area contributed by atoms with Gasteiger partial charge in [0.1, 0.15) is 6.61 Å². The summed E-state index contributed by atoms with van der Waals surface area (Å²) in [5, 5.41) is 4.95. The quantitative estimate of drug-likeness (QED) is 0.487. The number of nitrogens with zero attached hydrogens (tertiary/aromatic N) is 3. The zero-order chi connectivity index (χ0) is 12.5. The minimum absolute atomic E-state index is 0.113. The molecule has 1 rings (SSSR count). The van der Waals surface area contributed by atoms with Crippen LogP contribution in [0.5, 0.6) is 0 Å². The monoisotopic (exact) mass is 234 g/mol. The van der Waals surface area contributed by atoms with Crippen LogP contribution in [0.4, 0.5) is 4.79 Å². The topological polar surface area (TPSA) is 104 Å². The Morgan fingerprint density at radius 3 is 2.71 bits per heavy atom. The number of rotatable bonds is 4. The van der Waals surface area contributed by atoms with E-state index in [2.05, 4.69) is 15.3 Å². The second kappa shape index (κ2) is 6.86. The van der Waals surface area contributed by atoms with Crippen molar-refractivity contribution in [2.75, 3.05) is 6.54 Å². The van der Waals surface area contributed by atoms with Crippen LogP contribution in [0.3, 0.4) is 0 Å². The fourth-order valence-electron chi connectivity index (χ4n) is 1.01. The number of nitrogens with one attached hydrogen (secondary N) is 1. The molecule has 0 heterocycles. The third kappa shape index (κ3) is 5.19. The van der Waals surface area contributed by atoms with Gasteiger partial charge in [-0.15, -0.1) is 0 Å². The first-order chi connectivity index (χ1) is 8.22. The van der Waals surface area contributed by atoms with Gasteiger partial charge >= 0.3 is 6.09 Å². The van der Waals surface area contributed by atoms with E-state index in [1.807, 2.05) is 18.2 Å². The molecule has 0 fully saturated rings. The lowest BCUT2D eigenvalue weighted by atomic mass is 10.2. The van der Waals surface area contributed by atoms with E-state index in [-0.39, 0.29) is 13.2 Å². The number of ether oxygens (including phenoxy) is 1. The van der Waals surface area contributed by atoms with Crippen molar-refractivity contribution in [1.29, 1.82) is 0 Å². The fraction of sp³-hybridized carbons (Fsp3) is 0.200. The minimum Gasteiger partial charge on any atom is -0.445 e. The molecule has 0 aliphatic heterocycles. The highest BCUT2D eigenvalue weighted by Crippen LogP contribution is 2.00. The number of hydrogen-bond donors (Lipinski definition) is 1. The predicted molar refractivity (Wildman–Crippen MR) is 58.8 cm³/mol. The summed E-state index contributed by atoms with van der Waals surface area (Å²) in [5.41, 5.74) is 8.78. The minimum atomic E-state index is -0.774. The standard InChI is InChI=1S/C10H10N4O3/c11-14-13-9(15)6-12-10(16)17-7-8-4-2-1-3-5-8/h1-5H,6-7H2,(H,12,16). The molecule has 2 amide bonds. The van der Waals surface area contributed by atoms with Crippen LogP contribution in [0.15, 0.2) is 35.4 Å². The lowest BCUT2D eigenvalue weighted by molar-refractivity contribution is -0.117. The number of amides is 2. The third-order valence-electron chi connectivity index (χ3n) is 1.75. The van der Waals surface area contributed by atoms with Crippen molar-refractivity contribution in [3.63, 3.8) is 0 Å². The van der Waals surface area contributed by atoms with Crippen LogP contribution in [-0.4, -0.2) is 18.5 Å². The molecule has 0 aliphatic carbocycles. The van der Waals surface area contributed by atoms with E-state index in [1.54, 1.807) is 12.1 Å². The molecule has 7 nitrogen and oxygen atoms in total. The molecule has 7 heteroatoms. The molecular formula is C10H10N4O3. The Hall–Kier alpha value is -2.53. The van der Waals surface area contributed by atoms with Gasteiger partial charge in [-0.2, -0.15) is 0 Å². The summed E-state index contributed by atoms with van der Waals surface area (Å²) in [5.74, 6) is -0.774. The Kier molecular flexibility index (Phi) is 5.06. The van der Waals surface area contributed by atoms with Crippen LogP contribution >= 0.6 is 0 Å². The van der Waals surface area contributed by atoms with Crippen molar-refractivity contribution in [3.8, 4) is 0 Å². The van der Waals surface area contributed by atoms with E-state index in [1.165, 1.54) is 0 Å². The normalized spacial score (nSPS) is 8.94. The van der Waals surface area contributed by atoms with Crippen molar-refractivity contribution in [3.05, 3.63) is 46.3 Å². The molecule has 0 radical (unpaired) electrons. The zero-order valence-electron chi connectivity index (χ0n) is 8.87. The van der Waals surface area contributed by atoms with Crippen LogP contribution < -0.4 is 5.32 Å². The van der Waals surface area contributed by atoms with Crippen molar-refractivity contribution in [2.24, 2.45) is 5.11 Å². The first kappa shape index (κ1) is 12.5. The summed E-state index contributed by atoms with van der Waals surface area (Å²) < 4.78 is 4.82. The van der Waals surface area contributed by atoms with Crippen LogP contribution in [0.1, 0.15) is 5.56 Å². The molecule has 0 saturated heterocycles. The van der Waals surface area contributed by atoms with Crippen LogP contribution in [0, 0.1) is 0 Å². The second-order valence-corrected chi connectivity index (χ2v) is 3.00. The molecule has 0 aliphatic rings. The van der Waals surface area contributed by atoms with Crippen LogP contribution in [-0.2, 0) is 16.1 Å². The number of carbonyl (C=O) groups excluding carboxylic acids is 2. The van der Waals surface area contributed by atoms with E-state index < -0.39 is 12.0 Å². The largest absolute Gasteiger partial charge is 0.445 e. The molecule has 17 heavy (non-hydrogen) atoms. The van der Waals surface area contributed by atoms with E-state index in [0.29, 0.717) is 0 Å². The Morgan fingerprint density at radius 1 is 1.35 bits per heavy atom. The summed E-state index contributed by atoms with van der Waals surface area (Å²) >= 11 is 0. The molecular weight excluding hydrogens is 224 g/mol. The highest BCUT2D eigenvalue weighted by atomic mass is 16.5. The van der Waals surface area contributed by atoms with Gasteiger partial charge in [0, 0.05) is 4.91 Å². The van der Waals surface area contributed by atoms with Crippen molar-refractivity contribution >= 4 is 12.0 Å². The summed E-state index contributed by atoms with van der Waals surface area (Å²) in [6, 6.07) is 9.10. The summed E-state index contributed by atoms with van der Waals surface area (Å²) in [6.07, 6.45) is -0.740. The SMILES string of the molecule is [N-]=[N+]=NC(=O)CNC(=O)OCc1ccccc1. The van der Waals surface area contributed by atoms with Crippen LogP contribution in [0.2, 0.25) is 0 Å². The zero-order valence-corrected chi connectivity index (χ0v) is 8.87. The third-order valence-corrected chi connectivity index (χ3v) is 1.75. The molecule has 0 unspecified atom stereocenters. The molecule has 0 bridgehead atoms. The molecule has 0 spiro atoms. The molecule has 1 aromatic rings. The number of carbonyl (C=O) groups is 2. The molecule has 88 valence electrons. The highest BCUT2D eigenvalue weighted by molar-refractivity contribution is 5.82. The number of azide groups is 1. The summed E-state index contributed by atoms with van der Waals surface area (Å²) in [4.78, 5) is 24.1. The van der Waals surface area contributed by atoms with E-state index in [9.17, 15) is 9.59 Å². The van der Waals surface area contributed by atoms with Gasteiger partial charge in [0.25, 0.3) is 0 Å². The first-order valence-corrected chi connectivity index (χ1v) is 4.75. The Morgan fingerprint density at radius 2 is 2.06 bits per heavy atom. The maximum atomic E-state index is 11.1. The molecule has 0 atom stereocenters. The van der Waals surface area contributed by atoms with Crippen LogP contribution in [0.25, 0.3) is 10.4 Å².